The predicted octanol–water partition coefficient (Wildman–Crippen LogP) is 3.64. The molecule has 146 valence electrons. The van der Waals surface area contributed by atoms with E-state index in [1.807, 2.05) is 53.4 Å². The van der Waals surface area contributed by atoms with Gasteiger partial charge in [0.2, 0.25) is 0 Å². The number of carbonyl (C=O) groups is 1. The Balaban J connectivity index is 0.00000136. The summed E-state index contributed by atoms with van der Waals surface area (Å²) in [6.45, 7) is 7.64. The molecule has 0 atom stereocenters. The summed E-state index contributed by atoms with van der Waals surface area (Å²) in [6, 6.07) is 15.6. The van der Waals surface area contributed by atoms with Gasteiger partial charge in [-0.05, 0) is 75.5 Å². The maximum absolute atomic E-state index is 12.7. The van der Waals surface area contributed by atoms with Crippen molar-refractivity contribution in [3.63, 3.8) is 0 Å². The molecule has 0 aliphatic carbocycles. The summed E-state index contributed by atoms with van der Waals surface area (Å²) >= 11 is 0. The van der Waals surface area contributed by atoms with Crippen LogP contribution in [0.15, 0.2) is 61.7 Å². The first-order valence-electron chi connectivity index (χ1n) is 9.46. The average Bonchev–Trinajstić information content (AvgIpc) is 2.75. The van der Waals surface area contributed by atoms with Crippen LogP contribution in [0.4, 0.5) is 5.69 Å². The second-order valence-electron chi connectivity index (χ2n) is 6.94. The van der Waals surface area contributed by atoms with E-state index < -0.39 is 0 Å². The van der Waals surface area contributed by atoms with Crippen LogP contribution >= 0.6 is 0 Å². The van der Waals surface area contributed by atoms with Crippen molar-refractivity contribution in [2.75, 3.05) is 32.9 Å². The van der Waals surface area contributed by atoms with E-state index in [1.54, 1.807) is 0 Å². The van der Waals surface area contributed by atoms with Crippen molar-refractivity contribution in [3.8, 4) is 11.8 Å². The molecule has 1 aliphatic rings. The SMILES string of the molecule is C=C.CN(C)C1CCN(C(=O)c2ccc(C#Cc3ccc(N)cc3)cc2)CC1. The lowest BCUT2D eigenvalue weighted by Gasteiger charge is -2.35. The van der Waals surface area contributed by atoms with Gasteiger partial charge < -0.3 is 15.5 Å². The summed E-state index contributed by atoms with van der Waals surface area (Å²) in [4.78, 5) is 16.9. The molecule has 3 rings (SSSR count). The molecule has 2 N–H and O–H groups in total. The quantitative estimate of drug-likeness (QED) is 0.495. The van der Waals surface area contributed by atoms with Crippen LogP contribution in [0.2, 0.25) is 0 Å². The van der Waals surface area contributed by atoms with Gasteiger partial charge in [0.25, 0.3) is 5.91 Å². The molecule has 4 heteroatoms. The number of nitrogens with two attached hydrogens (primary N) is 1. The molecule has 2 aromatic carbocycles. The van der Waals surface area contributed by atoms with E-state index in [1.165, 1.54) is 0 Å². The third-order valence-electron chi connectivity index (χ3n) is 4.88. The van der Waals surface area contributed by atoms with E-state index in [-0.39, 0.29) is 5.91 Å². The third kappa shape index (κ3) is 5.73. The van der Waals surface area contributed by atoms with Crippen LogP contribution in [0.25, 0.3) is 0 Å². The smallest absolute Gasteiger partial charge is 0.253 e. The molecule has 4 nitrogen and oxygen atoms in total. The second kappa shape index (κ2) is 10.3. The van der Waals surface area contributed by atoms with Crippen LogP contribution in [0, 0.1) is 11.8 Å². The van der Waals surface area contributed by atoms with E-state index in [0.717, 1.165) is 48.3 Å². The zero-order valence-corrected chi connectivity index (χ0v) is 16.8. The van der Waals surface area contributed by atoms with E-state index >= 15 is 0 Å². The Morgan fingerprint density at radius 1 is 0.964 bits per heavy atom. The number of nitrogens with zero attached hydrogens (tertiary/aromatic N) is 2. The van der Waals surface area contributed by atoms with Crippen molar-refractivity contribution in [1.29, 1.82) is 0 Å². The van der Waals surface area contributed by atoms with Crippen LogP contribution < -0.4 is 5.73 Å². The number of anilines is 1. The Bertz CT molecular complexity index is 821. The number of nitrogen functional groups attached to an aromatic ring is 1. The Morgan fingerprint density at radius 2 is 1.43 bits per heavy atom. The molecule has 28 heavy (non-hydrogen) atoms. The first kappa shape index (κ1) is 21.3. The molecule has 1 amide bonds. The van der Waals surface area contributed by atoms with Gasteiger partial charge in [0.15, 0.2) is 0 Å². The molecule has 0 unspecified atom stereocenters. The number of hydrogen-bond donors (Lipinski definition) is 1. The molecular formula is C24H29N3O. The second-order valence-corrected chi connectivity index (χ2v) is 6.94. The van der Waals surface area contributed by atoms with E-state index in [2.05, 4.69) is 44.0 Å². The molecule has 1 saturated heterocycles. The average molecular weight is 376 g/mol. The lowest BCUT2D eigenvalue weighted by atomic mass is 10.0. The Morgan fingerprint density at radius 3 is 1.89 bits per heavy atom. The van der Waals surface area contributed by atoms with Gasteiger partial charge in [-0.3, -0.25) is 4.79 Å². The number of hydrogen-bond acceptors (Lipinski definition) is 3. The summed E-state index contributed by atoms with van der Waals surface area (Å²) in [5, 5.41) is 0. The number of piperidine rings is 1. The molecule has 0 saturated carbocycles. The molecule has 0 spiro atoms. The van der Waals surface area contributed by atoms with Gasteiger partial charge in [-0.2, -0.15) is 0 Å². The van der Waals surface area contributed by atoms with Crippen molar-refractivity contribution in [2.24, 2.45) is 0 Å². The Labute approximate surface area is 168 Å². The number of rotatable bonds is 2. The van der Waals surface area contributed by atoms with E-state index in [4.69, 9.17) is 5.73 Å². The Hall–Kier alpha value is -3.03. The third-order valence-corrected chi connectivity index (χ3v) is 4.88. The molecule has 0 bridgehead atoms. The zero-order chi connectivity index (χ0) is 20.5. The van der Waals surface area contributed by atoms with Crippen LogP contribution in [0.5, 0.6) is 0 Å². The van der Waals surface area contributed by atoms with Crippen LogP contribution in [-0.4, -0.2) is 48.9 Å². The predicted molar refractivity (Wildman–Crippen MR) is 117 cm³/mol. The molecule has 1 aliphatic heterocycles. The fraction of sp³-hybridized carbons (Fsp3) is 0.292. The Kier molecular flexibility index (Phi) is 7.86. The number of likely N-dealkylation sites (tertiary alicyclic amines) is 1. The van der Waals surface area contributed by atoms with Gasteiger partial charge in [-0.25, -0.2) is 0 Å². The maximum atomic E-state index is 12.7. The highest BCUT2D eigenvalue weighted by molar-refractivity contribution is 5.94. The fourth-order valence-electron chi connectivity index (χ4n) is 3.17. The topological polar surface area (TPSA) is 49.6 Å². The summed E-state index contributed by atoms with van der Waals surface area (Å²) in [6.07, 6.45) is 2.06. The van der Waals surface area contributed by atoms with Crippen molar-refractivity contribution in [2.45, 2.75) is 18.9 Å². The van der Waals surface area contributed by atoms with Gasteiger partial charge in [-0.1, -0.05) is 11.8 Å². The summed E-state index contributed by atoms with van der Waals surface area (Å²) in [5.41, 5.74) is 8.95. The standard InChI is InChI=1S/C22H25N3O.C2H4/c1-24(2)21-13-15-25(16-14-21)22(26)19-9-5-17(6-10-19)3-4-18-7-11-20(23)12-8-18;1-2/h5-12,21H,13-16,23H2,1-2H3;1-2H2. The lowest BCUT2D eigenvalue weighted by Crippen LogP contribution is -2.44. The summed E-state index contributed by atoms with van der Waals surface area (Å²) < 4.78 is 0. The maximum Gasteiger partial charge on any atom is 0.253 e. The first-order chi connectivity index (χ1) is 13.5. The number of amides is 1. The number of carbonyl (C=O) groups excluding carboxylic acids is 1. The van der Waals surface area contributed by atoms with E-state index in [9.17, 15) is 4.79 Å². The molecule has 0 radical (unpaired) electrons. The van der Waals surface area contributed by atoms with Gasteiger partial charge in [-0.15, -0.1) is 13.2 Å². The zero-order valence-electron chi connectivity index (χ0n) is 16.8. The first-order valence-corrected chi connectivity index (χ1v) is 9.46. The van der Waals surface area contributed by atoms with Crippen LogP contribution in [-0.2, 0) is 0 Å². The van der Waals surface area contributed by atoms with Crippen LogP contribution in [0.3, 0.4) is 0 Å². The van der Waals surface area contributed by atoms with Crippen molar-refractivity contribution >= 4 is 11.6 Å². The summed E-state index contributed by atoms with van der Waals surface area (Å²) in [5.74, 6) is 6.34. The molecule has 0 aromatic heterocycles. The summed E-state index contributed by atoms with van der Waals surface area (Å²) in [7, 11) is 4.21. The molecule has 1 heterocycles. The van der Waals surface area contributed by atoms with Crippen molar-refractivity contribution in [3.05, 3.63) is 78.4 Å². The monoisotopic (exact) mass is 375 g/mol. The lowest BCUT2D eigenvalue weighted by molar-refractivity contribution is 0.0663. The largest absolute Gasteiger partial charge is 0.399 e. The number of benzene rings is 2. The molecule has 2 aromatic rings. The van der Waals surface area contributed by atoms with E-state index in [0.29, 0.717) is 6.04 Å². The van der Waals surface area contributed by atoms with Crippen LogP contribution in [0.1, 0.15) is 34.3 Å². The van der Waals surface area contributed by atoms with Gasteiger partial charge in [0.05, 0.1) is 0 Å². The highest BCUT2D eigenvalue weighted by atomic mass is 16.2. The minimum Gasteiger partial charge on any atom is -0.399 e. The minimum absolute atomic E-state index is 0.111. The fourth-order valence-corrected chi connectivity index (χ4v) is 3.17. The van der Waals surface area contributed by atoms with Gasteiger partial charge in [0, 0.05) is 41.5 Å². The highest BCUT2D eigenvalue weighted by Gasteiger charge is 2.24. The normalized spacial score (nSPS) is 13.9. The van der Waals surface area contributed by atoms with Crippen molar-refractivity contribution in [1.82, 2.24) is 9.80 Å². The molecule has 1 fully saturated rings. The van der Waals surface area contributed by atoms with Crippen molar-refractivity contribution < 1.29 is 4.79 Å². The van der Waals surface area contributed by atoms with Gasteiger partial charge in [0.1, 0.15) is 0 Å². The molecular weight excluding hydrogens is 346 g/mol. The highest BCUT2D eigenvalue weighted by Crippen LogP contribution is 2.17. The minimum atomic E-state index is 0.111. The van der Waals surface area contributed by atoms with Gasteiger partial charge >= 0.3 is 0 Å².